The minimum atomic E-state index is -3.63. The molecule has 144 valence electrons. The largest absolute Gasteiger partial charge is 0.463 e. The van der Waals surface area contributed by atoms with Gasteiger partial charge in [-0.3, -0.25) is 14.6 Å². The molecule has 4 heterocycles. The van der Waals surface area contributed by atoms with Gasteiger partial charge in [0, 0.05) is 25.0 Å². The van der Waals surface area contributed by atoms with Gasteiger partial charge in [0.15, 0.2) is 11.5 Å². The van der Waals surface area contributed by atoms with Crippen molar-refractivity contribution in [3.8, 4) is 11.5 Å². The van der Waals surface area contributed by atoms with E-state index >= 15 is 0 Å². The van der Waals surface area contributed by atoms with Gasteiger partial charge in [0.1, 0.15) is 5.69 Å². The van der Waals surface area contributed by atoms with Crippen LogP contribution in [0.3, 0.4) is 0 Å². The van der Waals surface area contributed by atoms with Crippen molar-refractivity contribution in [3.63, 3.8) is 0 Å². The normalized spacial score (nSPS) is 11.6. The number of sulfonamides is 1. The van der Waals surface area contributed by atoms with E-state index in [0.717, 1.165) is 5.52 Å². The van der Waals surface area contributed by atoms with E-state index in [1.54, 1.807) is 47.2 Å². The van der Waals surface area contributed by atoms with Gasteiger partial charge in [-0.1, -0.05) is 0 Å². The third-order valence-corrected chi connectivity index (χ3v) is 5.21. The molecule has 10 nitrogen and oxygen atoms in total. The number of carbonyl (C=O) groups is 1. The minimum Gasteiger partial charge on any atom is -0.463 e. The first-order valence-corrected chi connectivity index (χ1v) is 9.97. The highest BCUT2D eigenvalue weighted by atomic mass is 32.2. The summed E-state index contributed by atoms with van der Waals surface area (Å²) in [7, 11) is -3.63. The van der Waals surface area contributed by atoms with Gasteiger partial charge in [-0.15, -0.1) is 0 Å². The molecule has 4 aromatic rings. The Hall–Kier alpha value is -3.60. The number of nitrogens with one attached hydrogen (secondary N) is 3. The second-order valence-corrected chi connectivity index (χ2v) is 7.78. The van der Waals surface area contributed by atoms with Crippen molar-refractivity contribution in [2.45, 2.75) is 0 Å². The van der Waals surface area contributed by atoms with Crippen LogP contribution in [0.4, 0.5) is 5.69 Å². The highest BCUT2D eigenvalue weighted by molar-refractivity contribution is 7.92. The number of hydrogen-bond acceptors (Lipinski definition) is 6. The van der Waals surface area contributed by atoms with Gasteiger partial charge < -0.3 is 9.73 Å². The number of furan rings is 1. The summed E-state index contributed by atoms with van der Waals surface area (Å²) in [5.41, 5.74) is 1.89. The molecule has 1 amide bonds. The van der Waals surface area contributed by atoms with E-state index in [-0.39, 0.29) is 18.0 Å². The number of aromatic nitrogens is 4. The van der Waals surface area contributed by atoms with Crippen LogP contribution in [-0.4, -0.2) is 46.4 Å². The van der Waals surface area contributed by atoms with E-state index in [0.29, 0.717) is 17.1 Å². The van der Waals surface area contributed by atoms with Crippen LogP contribution < -0.4 is 10.0 Å². The third-order valence-electron chi connectivity index (χ3n) is 3.93. The van der Waals surface area contributed by atoms with Gasteiger partial charge in [-0.25, -0.2) is 12.9 Å². The Balaban J connectivity index is 1.32. The summed E-state index contributed by atoms with van der Waals surface area (Å²) >= 11 is 0. The van der Waals surface area contributed by atoms with Gasteiger partial charge in [0.05, 0.1) is 23.2 Å². The average Bonchev–Trinajstić information content (AvgIpc) is 3.40. The molecule has 0 saturated heterocycles. The van der Waals surface area contributed by atoms with Crippen molar-refractivity contribution in [3.05, 3.63) is 60.7 Å². The van der Waals surface area contributed by atoms with E-state index in [2.05, 4.69) is 25.3 Å². The molecule has 11 heteroatoms. The fraction of sp³-hybridized carbons (Fsp3) is 0.118. The van der Waals surface area contributed by atoms with Crippen molar-refractivity contribution in [1.82, 2.24) is 25.1 Å². The smallest absolute Gasteiger partial charge is 0.271 e. The summed E-state index contributed by atoms with van der Waals surface area (Å²) in [5, 5.41) is 13.2. The summed E-state index contributed by atoms with van der Waals surface area (Å²) in [5.74, 6) is -0.211. The number of hydrogen-bond donors (Lipinski definition) is 3. The Morgan fingerprint density at radius 1 is 1.25 bits per heavy atom. The Kier molecular flexibility index (Phi) is 4.57. The van der Waals surface area contributed by atoms with Crippen molar-refractivity contribution >= 4 is 27.1 Å². The number of anilines is 1. The fourth-order valence-corrected chi connectivity index (χ4v) is 3.56. The zero-order chi connectivity index (χ0) is 19.6. The molecule has 0 aromatic carbocycles. The maximum Gasteiger partial charge on any atom is 0.271 e. The summed E-state index contributed by atoms with van der Waals surface area (Å²) in [4.78, 5) is 12.1. The lowest BCUT2D eigenvalue weighted by molar-refractivity contribution is 0.0951. The molecule has 0 atom stereocenters. The molecule has 4 aromatic heterocycles. The van der Waals surface area contributed by atoms with Crippen LogP contribution in [0.15, 0.2) is 59.5 Å². The molecule has 0 aliphatic carbocycles. The lowest BCUT2D eigenvalue weighted by atomic mass is 10.3. The molecule has 0 fully saturated rings. The highest BCUT2D eigenvalue weighted by Gasteiger charge is 2.15. The van der Waals surface area contributed by atoms with Crippen LogP contribution in [0, 0.1) is 0 Å². The molecule has 0 radical (unpaired) electrons. The van der Waals surface area contributed by atoms with E-state index < -0.39 is 15.9 Å². The number of fused-ring (bicyclic) bond motifs is 1. The molecule has 0 spiro atoms. The molecule has 0 unspecified atom stereocenters. The van der Waals surface area contributed by atoms with Crippen LogP contribution in [0.25, 0.3) is 17.0 Å². The summed E-state index contributed by atoms with van der Waals surface area (Å²) < 4.78 is 33.8. The first-order chi connectivity index (χ1) is 13.5. The number of pyridine rings is 1. The molecule has 0 aliphatic heterocycles. The Bertz CT molecular complexity index is 1210. The predicted molar refractivity (Wildman–Crippen MR) is 101 cm³/mol. The van der Waals surface area contributed by atoms with Crippen LogP contribution in [-0.2, 0) is 10.0 Å². The zero-order valence-electron chi connectivity index (χ0n) is 14.5. The standard InChI is InChI=1S/C17H16N6O4S/c24-17(15-11-14(20-21-15)16-2-1-8-27-16)18-6-9-28(25,26)22-12-4-7-23-13(10-12)3-5-19-23/h1-5,7-8,10-11,22H,6,9H2,(H,18,24)(H,20,21). The maximum atomic E-state index is 12.2. The maximum absolute atomic E-state index is 12.2. The van der Waals surface area contributed by atoms with Crippen molar-refractivity contribution < 1.29 is 17.6 Å². The van der Waals surface area contributed by atoms with Crippen LogP contribution in [0.5, 0.6) is 0 Å². The quantitative estimate of drug-likeness (QED) is 0.430. The van der Waals surface area contributed by atoms with Gasteiger partial charge in [-0.2, -0.15) is 10.2 Å². The second-order valence-electron chi connectivity index (χ2n) is 5.94. The lowest BCUT2D eigenvalue weighted by Gasteiger charge is -2.09. The van der Waals surface area contributed by atoms with Gasteiger partial charge in [-0.05, 0) is 30.3 Å². The summed E-state index contributed by atoms with van der Waals surface area (Å²) in [6, 6.07) is 10.0. The average molecular weight is 400 g/mol. The van der Waals surface area contributed by atoms with Crippen molar-refractivity contribution in [2.75, 3.05) is 17.0 Å². The Morgan fingerprint density at radius 3 is 2.96 bits per heavy atom. The van der Waals surface area contributed by atoms with E-state index in [1.807, 2.05) is 0 Å². The monoisotopic (exact) mass is 400 g/mol. The minimum absolute atomic E-state index is 0.0635. The van der Waals surface area contributed by atoms with E-state index in [1.165, 1.54) is 12.3 Å². The number of rotatable bonds is 7. The number of H-pyrrole nitrogens is 1. The predicted octanol–water partition coefficient (Wildman–Crippen LogP) is 1.49. The van der Waals surface area contributed by atoms with Gasteiger partial charge in [0.25, 0.3) is 5.91 Å². The molecule has 28 heavy (non-hydrogen) atoms. The third kappa shape index (κ3) is 3.88. The second kappa shape index (κ2) is 7.19. The molecular weight excluding hydrogens is 384 g/mol. The molecule has 4 rings (SSSR count). The van der Waals surface area contributed by atoms with E-state index in [4.69, 9.17) is 4.42 Å². The number of aromatic amines is 1. The molecular formula is C17H16N6O4S. The topological polar surface area (TPSA) is 134 Å². The molecule has 0 saturated carbocycles. The molecule has 3 N–H and O–H groups in total. The van der Waals surface area contributed by atoms with E-state index in [9.17, 15) is 13.2 Å². The van der Waals surface area contributed by atoms with Crippen LogP contribution in [0.2, 0.25) is 0 Å². The van der Waals surface area contributed by atoms with Gasteiger partial charge in [0.2, 0.25) is 10.0 Å². The zero-order valence-corrected chi connectivity index (χ0v) is 15.3. The fourth-order valence-electron chi connectivity index (χ4n) is 2.60. The number of amides is 1. The van der Waals surface area contributed by atoms with Gasteiger partial charge >= 0.3 is 0 Å². The summed E-state index contributed by atoms with van der Waals surface area (Å²) in [6.45, 7) is -0.0635. The first-order valence-electron chi connectivity index (χ1n) is 8.31. The Labute approximate surface area is 159 Å². The number of carbonyl (C=O) groups excluding carboxylic acids is 1. The first kappa shape index (κ1) is 17.8. The molecule has 0 bridgehead atoms. The van der Waals surface area contributed by atoms with Crippen molar-refractivity contribution in [1.29, 1.82) is 0 Å². The van der Waals surface area contributed by atoms with Crippen molar-refractivity contribution in [2.24, 2.45) is 0 Å². The number of nitrogens with zero attached hydrogens (tertiary/aromatic N) is 3. The Morgan fingerprint density at radius 2 is 2.14 bits per heavy atom. The van der Waals surface area contributed by atoms with Crippen LogP contribution in [0.1, 0.15) is 10.5 Å². The summed E-state index contributed by atoms with van der Waals surface area (Å²) in [6.07, 6.45) is 4.79. The molecule has 0 aliphatic rings. The SMILES string of the molecule is O=C(NCCS(=O)(=O)Nc1ccn2nccc2c1)c1cc(-c2ccco2)[nH]n1. The lowest BCUT2D eigenvalue weighted by Crippen LogP contribution is -2.31. The van der Waals surface area contributed by atoms with Crippen LogP contribution >= 0.6 is 0 Å². The highest BCUT2D eigenvalue weighted by Crippen LogP contribution is 2.17.